The Balaban J connectivity index is 1.07. The van der Waals surface area contributed by atoms with Crippen molar-refractivity contribution in [3.05, 3.63) is 245 Å². The number of hydrogen-bond donors (Lipinski definition) is 0. The highest BCUT2D eigenvalue weighted by molar-refractivity contribution is 7.24. The first kappa shape index (κ1) is 35.6. The molecule has 5 aliphatic rings. The smallest absolute Gasteiger partial charge is 0.182 e. The molecule has 2 spiro atoms. The molecular weight excluding hydrogens is 775 g/mol. The van der Waals surface area contributed by atoms with E-state index >= 15 is 0 Å². The zero-order chi connectivity index (χ0) is 42.0. The van der Waals surface area contributed by atoms with Gasteiger partial charge in [-0.15, -0.1) is 0 Å². The highest BCUT2D eigenvalue weighted by Gasteiger charge is 2.57. The summed E-state index contributed by atoms with van der Waals surface area (Å²) >= 11 is 0. The molecule has 9 aromatic carbocycles. The fourth-order valence-corrected chi connectivity index (χ4v) is 19.3. The summed E-state index contributed by atoms with van der Waals surface area (Å²) in [5.74, 6) is 0. The lowest BCUT2D eigenvalue weighted by molar-refractivity contribution is 0.556. The van der Waals surface area contributed by atoms with Gasteiger partial charge in [-0.25, -0.2) is 0 Å². The molecule has 0 unspecified atom stereocenters. The number of hydrogen-bond acceptors (Lipinski definition) is 1. The van der Waals surface area contributed by atoms with Gasteiger partial charge in [-0.1, -0.05) is 204 Å². The number of anilines is 3. The molecule has 3 heterocycles. The first-order valence-electron chi connectivity index (χ1n) is 22.6. The normalized spacial score (nSPS) is 17.0. The molecule has 0 fully saturated rings. The average Bonchev–Trinajstić information content (AvgIpc) is 3.88. The maximum absolute atomic E-state index is 2.66. The fraction of sp³-hybridized carbons (Fsp3) is 0.115. The third-order valence-corrected chi connectivity index (χ3v) is 21.1. The summed E-state index contributed by atoms with van der Waals surface area (Å²) in [5, 5.41) is 6.00. The van der Waals surface area contributed by atoms with E-state index in [1.54, 1.807) is 0 Å². The van der Waals surface area contributed by atoms with Gasteiger partial charge >= 0.3 is 0 Å². The summed E-state index contributed by atoms with van der Waals surface area (Å²) in [7, 11) is -2.66. The molecule has 2 heteroatoms. The van der Waals surface area contributed by atoms with Crippen LogP contribution in [0.1, 0.15) is 72.2 Å². The highest BCUT2D eigenvalue weighted by atomic mass is 28.3. The molecule has 9 aromatic rings. The van der Waals surface area contributed by atoms with E-state index in [1.807, 2.05) is 0 Å². The summed E-state index contributed by atoms with van der Waals surface area (Å²) in [6.45, 7) is 9.77. The highest BCUT2D eigenvalue weighted by Crippen LogP contribution is 2.65. The minimum atomic E-state index is -2.66. The predicted octanol–water partition coefficient (Wildman–Crippen LogP) is 12.1. The Hall–Kier alpha value is -7.00. The second kappa shape index (κ2) is 11.9. The largest absolute Gasteiger partial charge is 0.310 e. The maximum Gasteiger partial charge on any atom is 0.182 e. The number of rotatable bonds is 1. The van der Waals surface area contributed by atoms with Crippen molar-refractivity contribution in [1.29, 1.82) is 0 Å². The lowest BCUT2D eigenvalue weighted by atomic mass is 9.52. The molecule has 0 radical (unpaired) electrons. The van der Waals surface area contributed by atoms with E-state index in [9.17, 15) is 0 Å². The van der Waals surface area contributed by atoms with Crippen LogP contribution in [0, 0.1) is 0 Å². The fourth-order valence-electron chi connectivity index (χ4n) is 13.7. The van der Waals surface area contributed by atoms with Crippen molar-refractivity contribution in [3.63, 3.8) is 0 Å². The van der Waals surface area contributed by atoms with Crippen LogP contribution in [0.15, 0.2) is 200 Å². The van der Waals surface area contributed by atoms with Gasteiger partial charge in [-0.3, -0.25) is 0 Å². The third kappa shape index (κ3) is 4.02. The van der Waals surface area contributed by atoms with Gasteiger partial charge in [-0.05, 0) is 123 Å². The van der Waals surface area contributed by atoms with Crippen LogP contribution in [0.5, 0.6) is 0 Å². The van der Waals surface area contributed by atoms with Gasteiger partial charge in [0.2, 0.25) is 0 Å². The van der Waals surface area contributed by atoms with Crippen LogP contribution in [0.25, 0.3) is 33.4 Å². The maximum atomic E-state index is 2.60. The molecule has 3 aliphatic heterocycles. The Morgan fingerprint density at radius 1 is 0.333 bits per heavy atom. The summed E-state index contributed by atoms with van der Waals surface area (Å²) in [6, 6.07) is 77.5. The molecule has 0 N–H and O–H groups in total. The molecule has 0 saturated heterocycles. The second-order valence-corrected chi connectivity index (χ2v) is 23.1. The second-order valence-electron chi connectivity index (χ2n) is 19.5. The Morgan fingerprint density at radius 2 is 0.778 bits per heavy atom. The van der Waals surface area contributed by atoms with Crippen LogP contribution in [0.2, 0.25) is 0 Å². The molecule has 14 rings (SSSR count). The van der Waals surface area contributed by atoms with Gasteiger partial charge < -0.3 is 4.90 Å². The van der Waals surface area contributed by atoms with Gasteiger partial charge in [0.15, 0.2) is 8.07 Å². The molecule has 0 saturated carbocycles. The van der Waals surface area contributed by atoms with E-state index in [1.165, 1.54) is 116 Å². The molecule has 298 valence electrons. The van der Waals surface area contributed by atoms with Crippen molar-refractivity contribution in [1.82, 2.24) is 0 Å². The van der Waals surface area contributed by atoms with Crippen molar-refractivity contribution in [2.24, 2.45) is 0 Å². The van der Waals surface area contributed by atoms with Crippen molar-refractivity contribution >= 4 is 45.9 Å². The van der Waals surface area contributed by atoms with Gasteiger partial charge in [0.05, 0.1) is 16.8 Å². The van der Waals surface area contributed by atoms with E-state index in [2.05, 4.69) is 233 Å². The van der Waals surface area contributed by atoms with Crippen molar-refractivity contribution in [2.75, 3.05) is 4.90 Å². The van der Waals surface area contributed by atoms with Gasteiger partial charge in [0.25, 0.3) is 0 Å². The molecular formula is C61H45NSi. The number of para-hydroxylation sites is 2. The molecule has 0 bridgehead atoms. The van der Waals surface area contributed by atoms with E-state index < -0.39 is 13.5 Å². The quantitative estimate of drug-likeness (QED) is 0.149. The zero-order valence-electron chi connectivity index (χ0n) is 36.0. The SMILES string of the molecule is CC1(C)c2ccccc2-c2c1ccc1c2C(C)(C)c2ccccc2C12c1ccccc1N(c1ccc3c(c1)[Si]1(c4ccccc4-c4ccccc41)c1ccccc1-3)c1ccccc12. The molecule has 0 amide bonds. The van der Waals surface area contributed by atoms with Gasteiger partial charge in [0.1, 0.15) is 0 Å². The Morgan fingerprint density at radius 3 is 1.37 bits per heavy atom. The third-order valence-electron chi connectivity index (χ3n) is 16.1. The van der Waals surface area contributed by atoms with Crippen LogP contribution in [-0.2, 0) is 16.2 Å². The summed E-state index contributed by atoms with van der Waals surface area (Å²) < 4.78 is 0. The molecule has 1 nitrogen and oxygen atoms in total. The first-order chi connectivity index (χ1) is 30.8. The van der Waals surface area contributed by atoms with Crippen molar-refractivity contribution in [2.45, 2.75) is 43.9 Å². The lowest BCUT2D eigenvalue weighted by Crippen LogP contribution is -2.70. The standard InChI is InChI=1S/C61H45NSi/c1-59(2)44-23-9-5-22-43(44)57-49(59)35-36-50-58(57)60(3,4)45-24-10-11-25-46(45)61(50)47-26-12-14-28-51(47)62(52-29-15-13-27-48(52)61)38-33-34-42-41-21-8-18-32-55(41)63(56(42)37-38)53-30-16-6-19-39(53)40-20-7-17-31-54(40)63/h5-37H,1-4H3. The molecule has 0 atom stereocenters. The minimum absolute atomic E-state index is 0.103. The topological polar surface area (TPSA) is 3.24 Å². The number of fused-ring (bicyclic) bond motifs is 22. The lowest BCUT2D eigenvalue weighted by Gasteiger charge is -2.53. The molecule has 0 aromatic heterocycles. The Bertz CT molecular complexity index is 3380. The summed E-state index contributed by atoms with van der Waals surface area (Å²) in [5.41, 5.74) is 22.2. The molecule has 2 aliphatic carbocycles. The summed E-state index contributed by atoms with van der Waals surface area (Å²) in [6.07, 6.45) is 0. The number of nitrogens with zero attached hydrogens (tertiary/aromatic N) is 1. The van der Waals surface area contributed by atoms with Crippen LogP contribution in [0.4, 0.5) is 17.1 Å². The molecule has 63 heavy (non-hydrogen) atoms. The van der Waals surface area contributed by atoms with Crippen LogP contribution in [0.3, 0.4) is 0 Å². The van der Waals surface area contributed by atoms with E-state index in [4.69, 9.17) is 0 Å². The average molecular weight is 820 g/mol. The van der Waals surface area contributed by atoms with E-state index in [0.717, 1.165) is 0 Å². The van der Waals surface area contributed by atoms with Gasteiger partial charge in [-0.2, -0.15) is 0 Å². The van der Waals surface area contributed by atoms with Crippen molar-refractivity contribution in [3.8, 4) is 33.4 Å². The van der Waals surface area contributed by atoms with Crippen LogP contribution in [-0.4, -0.2) is 8.07 Å². The summed E-state index contributed by atoms with van der Waals surface area (Å²) in [4.78, 5) is 2.60. The Labute approximate surface area is 371 Å². The minimum Gasteiger partial charge on any atom is -0.310 e. The first-order valence-corrected chi connectivity index (χ1v) is 24.6. The monoisotopic (exact) mass is 819 g/mol. The predicted molar refractivity (Wildman–Crippen MR) is 264 cm³/mol. The van der Waals surface area contributed by atoms with Crippen LogP contribution >= 0.6 is 0 Å². The van der Waals surface area contributed by atoms with Crippen molar-refractivity contribution < 1.29 is 0 Å². The van der Waals surface area contributed by atoms with E-state index in [0.29, 0.717) is 0 Å². The van der Waals surface area contributed by atoms with Crippen LogP contribution < -0.4 is 25.6 Å². The Kier molecular flexibility index (Phi) is 6.73. The number of benzene rings is 9. The van der Waals surface area contributed by atoms with Gasteiger partial charge in [0, 0.05) is 16.5 Å². The van der Waals surface area contributed by atoms with E-state index in [-0.39, 0.29) is 10.8 Å². The zero-order valence-corrected chi connectivity index (χ0v) is 37.0.